The van der Waals surface area contributed by atoms with Gasteiger partial charge in [0.1, 0.15) is 5.82 Å². The quantitative estimate of drug-likeness (QED) is 0.919. The maximum atomic E-state index is 5.78. The lowest BCUT2D eigenvalue weighted by atomic mass is 9.49. The molecule has 5 rings (SSSR count). The van der Waals surface area contributed by atoms with Crippen molar-refractivity contribution in [3.05, 3.63) is 12.3 Å². The van der Waals surface area contributed by atoms with E-state index < -0.39 is 0 Å². The van der Waals surface area contributed by atoms with Crippen LogP contribution in [0, 0.1) is 23.2 Å². The molecule has 0 atom stereocenters. The van der Waals surface area contributed by atoms with E-state index in [0.717, 1.165) is 30.2 Å². The van der Waals surface area contributed by atoms with Crippen molar-refractivity contribution >= 4 is 11.8 Å². The van der Waals surface area contributed by atoms with Gasteiger partial charge in [0.25, 0.3) is 0 Å². The van der Waals surface area contributed by atoms with Gasteiger partial charge >= 0.3 is 0 Å². The standard InChI is InChI=1S/C16H24N4/c1-20(15-18-3-2-14(17)19-15)10-16-7-11-4-12(8-16)6-13(5-11)9-16/h2-3,11-13H,4-10H2,1H3,(H2,17,18,19). The van der Waals surface area contributed by atoms with Gasteiger partial charge in [-0.25, -0.2) is 4.98 Å². The average molecular weight is 272 g/mol. The van der Waals surface area contributed by atoms with Crippen LogP contribution in [0.2, 0.25) is 0 Å². The van der Waals surface area contributed by atoms with Gasteiger partial charge in [-0.1, -0.05) is 0 Å². The van der Waals surface area contributed by atoms with Crippen molar-refractivity contribution in [3.63, 3.8) is 0 Å². The number of nitrogens with two attached hydrogens (primary N) is 1. The Morgan fingerprint density at radius 1 is 1.20 bits per heavy atom. The van der Waals surface area contributed by atoms with Gasteiger partial charge in [-0.2, -0.15) is 4.98 Å². The number of nitrogens with zero attached hydrogens (tertiary/aromatic N) is 3. The van der Waals surface area contributed by atoms with Crippen LogP contribution in [0.25, 0.3) is 0 Å². The number of hydrogen-bond acceptors (Lipinski definition) is 4. The second kappa shape index (κ2) is 4.34. The summed E-state index contributed by atoms with van der Waals surface area (Å²) < 4.78 is 0. The summed E-state index contributed by atoms with van der Waals surface area (Å²) in [7, 11) is 2.12. The fourth-order valence-electron chi connectivity index (χ4n) is 5.60. The first-order chi connectivity index (χ1) is 9.62. The van der Waals surface area contributed by atoms with E-state index in [9.17, 15) is 0 Å². The minimum absolute atomic E-state index is 0.525. The van der Waals surface area contributed by atoms with E-state index >= 15 is 0 Å². The third-order valence-corrected chi connectivity index (χ3v) is 5.74. The topological polar surface area (TPSA) is 55.0 Å². The summed E-state index contributed by atoms with van der Waals surface area (Å²) in [4.78, 5) is 11.0. The fraction of sp³-hybridized carbons (Fsp3) is 0.750. The molecule has 20 heavy (non-hydrogen) atoms. The third-order valence-electron chi connectivity index (χ3n) is 5.74. The van der Waals surface area contributed by atoms with Crippen molar-refractivity contribution in [1.29, 1.82) is 0 Å². The Bertz CT molecular complexity index is 478. The molecule has 4 heteroatoms. The highest BCUT2D eigenvalue weighted by molar-refractivity contribution is 5.37. The van der Waals surface area contributed by atoms with Crippen molar-refractivity contribution in [2.75, 3.05) is 24.2 Å². The summed E-state index contributed by atoms with van der Waals surface area (Å²) in [6, 6.07) is 1.75. The zero-order valence-corrected chi connectivity index (χ0v) is 12.3. The Morgan fingerprint density at radius 3 is 2.35 bits per heavy atom. The largest absolute Gasteiger partial charge is 0.384 e. The van der Waals surface area contributed by atoms with E-state index in [-0.39, 0.29) is 0 Å². The lowest BCUT2D eigenvalue weighted by molar-refractivity contribution is -0.0473. The molecule has 4 saturated carbocycles. The molecule has 4 nitrogen and oxygen atoms in total. The van der Waals surface area contributed by atoms with E-state index in [2.05, 4.69) is 21.9 Å². The smallest absolute Gasteiger partial charge is 0.227 e. The van der Waals surface area contributed by atoms with Gasteiger partial charge in [0, 0.05) is 19.8 Å². The summed E-state index contributed by atoms with van der Waals surface area (Å²) in [6.07, 6.45) is 10.5. The SMILES string of the molecule is CN(CC12CC3CC(CC(C3)C1)C2)c1nccc(N)n1. The van der Waals surface area contributed by atoms with Gasteiger partial charge in [0.05, 0.1) is 0 Å². The molecule has 0 saturated heterocycles. The second-order valence-corrected chi connectivity index (χ2v) is 7.56. The van der Waals surface area contributed by atoms with Gasteiger partial charge in [-0.15, -0.1) is 0 Å². The van der Waals surface area contributed by atoms with E-state index in [1.54, 1.807) is 12.3 Å². The van der Waals surface area contributed by atoms with Crippen LogP contribution in [0.5, 0.6) is 0 Å². The van der Waals surface area contributed by atoms with Crippen molar-refractivity contribution in [2.24, 2.45) is 23.2 Å². The molecular weight excluding hydrogens is 248 g/mol. The minimum Gasteiger partial charge on any atom is -0.384 e. The Morgan fingerprint density at radius 2 is 1.80 bits per heavy atom. The van der Waals surface area contributed by atoms with Gasteiger partial charge < -0.3 is 10.6 Å². The zero-order valence-electron chi connectivity index (χ0n) is 12.3. The number of hydrogen-bond donors (Lipinski definition) is 1. The minimum atomic E-state index is 0.525. The van der Waals surface area contributed by atoms with E-state index in [1.807, 2.05) is 0 Å². The number of anilines is 2. The lowest BCUT2D eigenvalue weighted by Crippen LogP contribution is -2.50. The molecular formula is C16H24N4. The van der Waals surface area contributed by atoms with Crippen LogP contribution < -0.4 is 10.6 Å². The Kier molecular flexibility index (Phi) is 2.69. The maximum Gasteiger partial charge on any atom is 0.227 e. The summed E-state index contributed by atoms with van der Waals surface area (Å²) in [5, 5.41) is 0. The van der Waals surface area contributed by atoms with Crippen molar-refractivity contribution in [1.82, 2.24) is 9.97 Å². The van der Waals surface area contributed by atoms with E-state index in [4.69, 9.17) is 5.73 Å². The highest BCUT2D eigenvalue weighted by Crippen LogP contribution is 2.60. The molecule has 4 aliphatic carbocycles. The summed E-state index contributed by atoms with van der Waals surface area (Å²) >= 11 is 0. The first kappa shape index (κ1) is 12.4. The number of aromatic nitrogens is 2. The normalized spacial score (nSPS) is 38.1. The monoisotopic (exact) mass is 272 g/mol. The molecule has 4 aliphatic rings. The van der Waals surface area contributed by atoms with Crippen molar-refractivity contribution in [2.45, 2.75) is 38.5 Å². The highest BCUT2D eigenvalue weighted by atomic mass is 15.2. The Balaban J connectivity index is 1.53. The van der Waals surface area contributed by atoms with E-state index in [1.165, 1.54) is 38.5 Å². The van der Waals surface area contributed by atoms with Gasteiger partial charge in [0.15, 0.2) is 0 Å². The Labute approximate surface area is 120 Å². The predicted molar refractivity (Wildman–Crippen MR) is 80.3 cm³/mol. The van der Waals surface area contributed by atoms with E-state index in [0.29, 0.717) is 11.2 Å². The van der Waals surface area contributed by atoms with Crippen molar-refractivity contribution < 1.29 is 0 Å². The number of rotatable bonds is 3. The lowest BCUT2D eigenvalue weighted by Gasteiger charge is -2.57. The molecule has 1 aromatic heterocycles. The summed E-state index contributed by atoms with van der Waals surface area (Å²) in [5.41, 5.74) is 6.30. The molecule has 4 bridgehead atoms. The van der Waals surface area contributed by atoms with Crippen LogP contribution in [0.3, 0.4) is 0 Å². The van der Waals surface area contributed by atoms with Crippen LogP contribution in [0.4, 0.5) is 11.8 Å². The molecule has 0 aliphatic heterocycles. The fourth-order valence-corrected chi connectivity index (χ4v) is 5.60. The molecule has 0 aromatic carbocycles. The van der Waals surface area contributed by atoms with Crippen LogP contribution in [0.15, 0.2) is 12.3 Å². The molecule has 1 heterocycles. The van der Waals surface area contributed by atoms with Crippen LogP contribution >= 0.6 is 0 Å². The molecule has 4 fully saturated rings. The Hall–Kier alpha value is -1.32. The third kappa shape index (κ3) is 2.05. The molecule has 0 amide bonds. The highest BCUT2D eigenvalue weighted by Gasteiger charge is 2.51. The molecule has 108 valence electrons. The average Bonchev–Trinajstić information content (AvgIpc) is 2.36. The zero-order chi connectivity index (χ0) is 13.7. The van der Waals surface area contributed by atoms with Gasteiger partial charge in [-0.3, -0.25) is 0 Å². The first-order valence-corrected chi connectivity index (χ1v) is 7.92. The van der Waals surface area contributed by atoms with Gasteiger partial charge in [-0.05, 0) is 67.8 Å². The van der Waals surface area contributed by atoms with Crippen molar-refractivity contribution in [3.8, 4) is 0 Å². The summed E-state index contributed by atoms with van der Waals surface area (Å²) in [5.74, 6) is 4.33. The first-order valence-electron chi connectivity index (χ1n) is 7.92. The molecule has 2 N–H and O–H groups in total. The molecule has 0 spiro atoms. The van der Waals surface area contributed by atoms with Gasteiger partial charge in [0.2, 0.25) is 5.95 Å². The maximum absolute atomic E-state index is 5.78. The summed E-state index contributed by atoms with van der Waals surface area (Å²) in [6.45, 7) is 1.10. The van der Waals surface area contributed by atoms with Crippen LogP contribution in [-0.2, 0) is 0 Å². The number of nitrogen functional groups attached to an aromatic ring is 1. The van der Waals surface area contributed by atoms with Crippen LogP contribution in [0.1, 0.15) is 38.5 Å². The molecule has 0 radical (unpaired) electrons. The second-order valence-electron chi connectivity index (χ2n) is 7.56. The molecule has 0 unspecified atom stereocenters. The molecule has 1 aromatic rings. The predicted octanol–water partition coefficient (Wildman–Crippen LogP) is 2.71. The van der Waals surface area contributed by atoms with Crippen LogP contribution in [-0.4, -0.2) is 23.6 Å².